The SMILES string of the molecule is Oc1ccc2ccccc2c1C(c1c(F)cccc1Cl)c1c(O)ccc2ccccc12. The number of rotatable bonds is 3. The van der Waals surface area contributed by atoms with E-state index in [4.69, 9.17) is 11.6 Å². The lowest BCUT2D eigenvalue weighted by atomic mass is 9.79. The molecule has 0 saturated carbocycles. The lowest BCUT2D eigenvalue weighted by molar-refractivity contribution is 0.459. The second-order valence-corrected chi connectivity index (χ2v) is 7.91. The van der Waals surface area contributed by atoms with Gasteiger partial charge >= 0.3 is 0 Å². The minimum atomic E-state index is -0.828. The van der Waals surface area contributed by atoms with Crippen LogP contribution in [0.2, 0.25) is 5.02 Å². The molecule has 0 amide bonds. The Morgan fingerprint density at radius 1 is 0.581 bits per heavy atom. The first-order valence-electron chi connectivity index (χ1n) is 9.91. The zero-order valence-corrected chi connectivity index (χ0v) is 17.1. The van der Waals surface area contributed by atoms with E-state index < -0.39 is 11.7 Å². The van der Waals surface area contributed by atoms with Crippen molar-refractivity contribution in [3.05, 3.63) is 119 Å². The quantitative estimate of drug-likeness (QED) is 0.294. The smallest absolute Gasteiger partial charge is 0.128 e. The Bertz CT molecular complexity index is 1340. The maximum absolute atomic E-state index is 15.3. The largest absolute Gasteiger partial charge is 0.508 e. The highest BCUT2D eigenvalue weighted by molar-refractivity contribution is 6.31. The van der Waals surface area contributed by atoms with Crippen LogP contribution in [0.15, 0.2) is 91.0 Å². The van der Waals surface area contributed by atoms with Gasteiger partial charge < -0.3 is 10.2 Å². The van der Waals surface area contributed by atoms with Gasteiger partial charge in [0.2, 0.25) is 0 Å². The number of phenols is 2. The number of fused-ring (bicyclic) bond motifs is 2. The Morgan fingerprint density at radius 2 is 1.10 bits per heavy atom. The third-order valence-electron chi connectivity index (χ3n) is 5.76. The van der Waals surface area contributed by atoms with Crippen LogP contribution >= 0.6 is 11.6 Å². The van der Waals surface area contributed by atoms with Crippen LogP contribution in [-0.2, 0) is 0 Å². The predicted molar refractivity (Wildman–Crippen MR) is 124 cm³/mol. The van der Waals surface area contributed by atoms with Gasteiger partial charge in [0.25, 0.3) is 0 Å². The highest BCUT2D eigenvalue weighted by Gasteiger charge is 2.30. The normalized spacial score (nSPS) is 11.5. The Morgan fingerprint density at radius 3 is 1.61 bits per heavy atom. The molecule has 0 aromatic heterocycles. The first kappa shape index (κ1) is 19.4. The molecule has 0 bridgehead atoms. The molecular weight excluding hydrogens is 411 g/mol. The molecular formula is C27H18ClFO2. The topological polar surface area (TPSA) is 40.5 Å². The number of hydrogen-bond donors (Lipinski definition) is 2. The van der Waals surface area contributed by atoms with Crippen LogP contribution < -0.4 is 0 Å². The Labute approximate surface area is 183 Å². The van der Waals surface area contributed by atoms with Crippen LogP contribution in [-0.4, -0.2) is 10.2 Å². The van der Waals surface area contributed by atoms with E-state index in [0.29, 0.717) is 11.1 Å². The van der Waals surface area contributed by atoms with Gasteiger partial charge in [0.1, 0.15) is 17.3 Å². The van der Waals surface area contributed by atoms with Gasteiger partial charge in [-0.1, -0.05) is 78.3 Å². The Balaban J connectivity index is 1.98. The molecule has 0 aliphatic heterocycles. The van der Waals surface area contributed by atoms with E-state index in [2.05, 4.69) is 0 Å². The third kappa shape index (κ3) is 3.18. The molecule has 5 aromatic carbocycles. The van der Waals surface area contributed by atoms with E-state index in [0.717, 1.165) is 21.5 Å². The van der Waals surface area contributed by atoms with Crippen LogP contribution in [0.5, 0.6) is 11.5 Å². The summed E-state index contributed by atoms with van der Waals surface area (Å²) in [6, 6.07) is 26.5. The summed E-state index contributed by atoms with van der Waals surface area (Å²) in [4.78, 5) is 0. The van der Waals surface area contributed by atoms with E-state index in [1.807, 2.05) is 60.7 Å². The van der Waals surface area contributed by atoms with E-state index in [-0.39, 0.29) is 22.1 Å². The summed E-state index contributed by atoms with van der Waals surface area (Å²) in [5, 5.41) is 25.5. The van der Waals surface area contributed by atoms with Crippen molar-refractivity contribution in [3.8, 4) is 11.5 Å². The molecule has 0 atom stereocenters. The average molecular weight is 429 g/mol. The molecule has 4 heteroatoms. The number of halogens is 2. The van der Waals surface area contributed by atoms with Gasteiger partial charge in [0.15, 0.2) is 0 Å². The monoisotopic (exact) mass is 428 g/mol. The summed E-state index contributed by atoms with van der Waals surface area (Å²) in [6.45, 7) is 0. The van der Waals surface area contributed by atoms with Crippen molar-refractivity contribution in [1.82, 2.24) is 0 Å². The highest BCUT2D eigenvalue weighted by atomic mass is 35.5. The van der Waals surface area contributed by atoms with Gasteiger partial charge in [0, 0.05) is 27.6 Å². The molecule has 0 fully saturated rings. The number of benzene rings is 5. The minimum absolute atomic E-state index is 0.00959. The first-order valence-corrected chi connectivity index (χ1v) is 10.3. The highest BCUT2D eigenvalue weighted by Crippen LogP contribution is 2.48. The molecule has 152 valence electrons. The predicted octanol–water partition coefficient (Wildman–Crippen LogP) is 7.38. The van der Waals surface area contributed by atoms with Gasteiger partial charge in [0.05, 0.1) is 0 Å². The average Bonchev–Trinajstić information content (AvgIpc) is 2.77. The molecule has 0 unspecified atom stereocenters. The number of phenolic OH excluding ortho intramolecular Hbond substituents is 2. The molecule has 2 nitrogen and oxygen atoms in total. The minimum Gasteiger partial charge on any atom is -0.508 e. The zero-order valence-electron chi connectivity index (χ0n) is 16.4. The second-order valence-electron chi connectivity index (χ2n) is 7.51. The molecule has 0 saturated heterocycles. The number of hydrogen-bond acceptors (Lipinski definition) is 2. The van der Waals surface area contributed by atoms with E-state index in [1.165, 1.54) is 6.07 Å². The van der Waals surface area contributed by atoms with Crippen molar-refractivity contribution in [2.45, 2.75) is 5.92 Å². The van der Waals surface area contributed by atoms with E-state index >= 15 is 4.39 Å². The summed E-state index contributed by atoms with van der Waals surface area (Å²) in [6.07, 6.45) is 0. The first-order chi connectivity index (χ1) is 15.1. The number of aromatic hydroxyl groups is 2. The molecule has 0 spiro atoms. The van der Waals surface area contributed by atoms with Gasteiger partial charge in [-0.25, -0.2) is 4.39 Å². The van der Waals surface area contributed by atoms with Crippen molar-refractivity contribution in [3.63, 3.8) is 0 Å². The molecule has 0 heterocycles. The van der Waals surface area contributed by atoms with Crippen molar-refractivity contribution in [2.24, 2.45) is 0 Å². The summed E-state index contributed by atoms with van der Waals surface area (Å²) in [5.74, 6) is -1.31. The third-order valence-corrected chi connectivity index (χ3v) is 6.09. The molecule has 31 heavy (non-hydrogen) atoms. The maximum Gasteiger partial charge on any atom is 0.128 e. The second kappa shape index (κ2) is 7.60. The lowest BCUT2D eigenvalue weighted by Gasteiger charge is -2.25. The Kier molecular flexibility index (Phi) is 4.76. The van der Waals surface area contributed by atoms with Crippen LogP contribution in [0.1, 0.15) is 22.6 Å². The molecule has 5 aromatic rings. The van der Waals surface area contributed by atoms with Crippen molar-refractivity contribution in [1.29, 1.82) is 0 Å². The van der Waals surface area contributed by atoms with Crippen LogP contribution in [0, 0.1) is 5.82 Å². The van der Waals surface area contributed by atoms with Gasteiger partial charge in [-0.3, -0.25) is 0 Å². The lowest BCUT2D eigenvalue weighted by Crippen LogP contribution is -2.09. The van der Waals surface area contributed by atoms with Gasteiger partial charge in [-0.2, -0.15) is 0 Å². The maximum atomic E-state index is 15.3. The standard InChI is InChI=1S/C27H18ClFO2/c28-20-10-5-11-21(29)26(20)27(24-18-8-3-1-6-16(18)12-14-22(24)30)25-19-9-4-2-7-17(19)13-15-23(25)31/h1-15,27,30-31H. The van der Waals surface area contributed by atoms with Crippen LogP contribution in [0.25, 0.3) is 21.5 Å². The fourth-order valence-corrected chi connectivity index (χ4v) is 4.67. The molecule has 0 radical (unpaired) electrons. The van der Waals surface area contributed by atoms with Crippen LogP contribution in [0.3, 0.4) is 0 Å². The molecule has 2 N–H and O–H groups in total. The molecule has 5 rings (SSSR count). The zero-order chi connectivity index (χ0) is 21.5. The molecule has 0 aliphatic carbocycles. The Hall–Kier alpha value is -3.56. The fourth-order valence-electron chi connectivity index (χ4n) is 4.39. The van der Waals surface area contributed by atoms with Gasteiger partial charge in [-0.15, -0.1) is 0 Å². The van der Waals surface area contributed by atoms with Crippen molar-refractivity contribution >= 4 is 33.1 Å². The summed E-state index contributed by atoms with van der Waals surface area (Å²) in [7, 11) is 0. The summed E-state index contributed by atoms with van der Waals surface area (Å²) >= 11 is 6.53. The van der Waals surface area contributed by atoms with Crippen LogP contribution in [0.4, 0.5) is 4.39 Å². The van der Waals surface area contributed by atoms with Gasteiger partial charge in [-0.05, 0) is 45.8 Å². The van der Waals surface area contributed by atoms with Crippen molar-refractivity contribution < 1.29 is 14.6 Å². The molecule has 0 aliphatic rings. The summed E-state index contributed by atoms with van der Waals surface area (Å²) < 4.78 is 15.3. The van der Waals surface area contributed by atoms with E-state index in [1.54, 1.807) is 24.3 Å². The summed E-state index contributed by atoms with van der Waals surface area (Å²) in [5.41, 5.74) is 1.20. The van der Waals surface area contributed by atoms with Crippen molar-refractivity contribution in [2.75, 3.05) is 0 Å². The van der Waals surface area contributed by atoms with E-state index in [9.17, 15) is 10.2 Å². The fraction of sp³-hybridized carbons (Fsp3) is 0.0370.